The maximum atomic E-state index is 5.68. The minimum Gasteiger partial charge on any atom is -0.376 e. The molecule has 0 saturated carbocycles. The molecule has 0 fully saturated rings. The average molecular weight is 261 g/mol. The monoisotopic (exact) mass is 261 g/mol. The summed E-state index contributed by atoms with van der Waals surface area (Å²) in [5.41, 5.74) is 5.68. The van der Waals surface area contributed by atoms with Crippen LogP contribution >= 0.6 is 11.8 Å². The molecule has 0 radical (unpaired) electrons. The second kappa shape index (κ2) is 6.78. The van der Waals surface area contributed by atoms with E-state index in [9.17, 15) is 0 Å². The van der Waals surface area contributed by atoms with Crippen molar-refractivity contribution in [3.8, 4) is 0 Å². The normalized spacial score (nSPS) is 12.8. The highest BCUT2D eigenvalue weighted by atomic mass is 32.2. The third-order valence-electron chi connectivity index (χ3n) is 2.82. The van der Waals surface area contributed by atoms with Crippen LogP contribution in [0.5, 0.6) is 0 Å². The zero-order valence-corrected chi connectivity index (χ0v) is 11.5. The van der Waals surface area contributed by atoms with E-state index in [0.717, 1.165) is 12.4 Å². The van der Waals surface area contributed by atoms with Gasteiger partial charge in [0.1, 0.15) is 0 Å². The minimum atomic E-state index is 0.145. The maximum Gasteiger partial charge on any atom is 0.0790 e. The van der Waals surface area contributed by atoms with Crippen LogP contribution in [0.3, 0.4) is 0 Å². The summed E-state index contributed by atoms with van der Waals surface area (Å²) >= 11 is 1.80. The van der Waals surface area contributed by atoms with E-state index in [1.54, 1.807) is 11.8 Å². The Hall–Kier alpha value is -1.03. The summed E-state index contributed by atoms with van der Waals surface area (Å²) < 4.78 is 5.55. The molecule has 1 atom stereocenters. The highest BCUT2D eigenvalue weighted by Crippen LogP contribution is 2.24. The summed E-state index contributed by atoms with van der Waals surface area (Å²) in [5, 5.41) is 2.56. The highest BCUT2D eigenvalue weighted by Gasteiger charge is 2.06. The van der Waals surface area contributed by atoms with Gasteiger partial charge in [0.25, 0.3) is 0 Å². The second-order valence-electron chi connectivity index (χ2n) is 4.13. The molecule has 0 amide bonds. The predicted molar refractivity (Wildman–Crippen MR) is 79.1 cm³/mol. The Morgan fingerprint density at radius 1 is 1.17 bits per heavy atom. The van der Waals surface area contributed by atoms with Crippen LogP contribution in [0.1, 0.15) is 6.92 Å². The van der Waals surface area contributed by atoms with Gasteiger partial charge in [0.2, 0.25) is 0 Å². The summed E-state index contributed by atoms with van der Waals surface area (Å²) in [6.45, 7) is 3.30. The van der Waals surface area contributed by atoms with Gasteiger partial charge in [0.05, 0.1) is 6.10 Å². The molecule has 2 rings (SSSR count). The van der Waals surface area contributed by atoms with Gasteiger partial charge < -0.3 is 10.5 Å². The zero-order chi connectivity index (χ0) is 12.8. The van der Waals surface area contributed by atoms with Gasteiger partial charge in [-0.1, -0.05) is 30.3 Å². The number of ether oxygens (including phenoxy) is 1. The predicted octanol–water partition coefficient (Wildman–Crippen LogP) is 3.30. The van der Waals surface area contributed by atoms with Gasteiger partial charge in [0, 0.05) is 23.8 Å². The Morgan fingerprint density at radius 3 is 2.67 bits per heavy atom. The van der Waals surface area contributed by atoms with Crippen LogP contribution in [0.2, 0.25) is 0 Å². The first-order valence-corrected chi connectivity index (χ1v) is 7.25. The fraction of sp³-hybridized carbons (Fsp3) is 0.333. The lowest BCUT2D eigenvalue weighted by atomic mass is 10.1. The van der Waals surface area contributed by atoms with Gasteiger partial charge in [-0.05, 0) is 29.8 Å². The quantitative estimate of drug-likeness (QED) is 0.810. The Bertz CT molecular complexity index is 501. The fourth-order valence-corrected chi connectivity index (χ4v) is 2.85. The van der Waals surface area contributed by atoms with Gasteiger partial charge in [-0.25, -0.2) is 0 Å². The Balaban J connectivity index is 2.03. The van der Waals surface area contributed by atoms with Crippen molar-refractivity contribution in [3.63, 3.8) is 0 Å². The van der Waals surface area contributed by atoms with Gasteiger partial charge in [0.15, 0.2) is 0 Å². The fourth-order valence-electron chi connectivity index (χ4n) is 1.87. The van der Waals surface area contributed by atoms with Crippen molar-refractivity contribution in [2.45, 2.75) is 17.9 Å². The van der Waals surface area contributed by atoms with Crippen LogP contribution in [0.15, 0.2) is 47.4 Å². The number of thioether (sulfide) groups is 1. The number of nitrogens with two attached hydrogens (primary N) is 1. The highest BCUT2D eigenvalue weighted by molar-refractivity contribution is 7.99. The molecule has 2 N–H and O–H groups in total. The van der Waals surface area contributed by atoms with Crippen LogP contribution in [0.25, 0.3) is 10.8 Å². The number of benzene rings is 2. The molecule has 3 heteroatoms. The zero-order valence-electron chi connectivity index (χ0n) is 10.6. The van der Waals surface area contributed by atoms with Gasteiger partial charge in [-0.15, -0.1) is 11.8 Å². The molecule has 0 heterocycles. The molecule has 0 aromatic heterocycles. The maximum absolute atomic E-state index is 5.68. The largest absolute Gasteiger partial charge is 0.376 e. The summed E-state index contributed by atoms with van der Waals surface area (Å²) in [5.74, 6) is 0.905. The van der Waals surface area contributed by atoms with E-state index in [-0.39, 0.29) is 6.10 Å². The van der Waals surface area contributed by atoms with Crippen LogP contribution in [0, 0.1) is 0 Å². The van der Waals surface area contributed by atoms with E-state index in [4.69, 9.17) is 10.5 Å². The van der Waals surface area contributed by atoms with Crippen molar-refractivity contribution >= 4 is 22.5 Å². The van der Waals surface area contributed by atoms with Crippen molar-refractivity contribution in [2.75, 3.05) is 18.9 Å². The molecule has 2 aromatic rings. The van der Waals surface area contributed by atoms with Crippen molar-refractivity contribution < 1.29 is 4.74 Å². The lowest BCUT2D eigenvalue weighted by Gasteiger charge is -2.14. The standard InChI is InChI=1S/C15H19NOS/c1-2-17-14(10-16)11-18-15-8-7-12-5-3-4-6-13(12)9-15/h3-9,14H,2,10-11,16H2,1H3. The lowest BCUT2D eigenvalue weighted by Crippen LogP contribution is -2.26. The van der Waals surface area contributed by atoms with E-state index in [1.165, 1.54) is 15.7 Å². The Kier molecular flexibility index (Phi) is 5.05. The SMILES string of the molecule is CCOC(CN)CSc1ccc2ccccc2c1. The topological polar surface area (TPSA) is 35.2 Å². The van der Waals surface area contributed by atoms with E-state index < -0.39 is 0 Å². The summed E-state index contributed by atoms with van der Waals surface area (Å²) in [4.78, 5) is 1.27. The minimum absolute atomic E-state index is 0.145. The molecule has 1 unspecified atom stereocenters. The van der Waals surface area contributed by atoms with Crippen LogP contribution in [-0.4, -0.2) is 25.0 Å². The number of fused-ring (bicyclic) bond motifs is 1. The van der Waals surface area contributed by atoms with Gasteiger partial charge in [-0.3, -0.25) is 0 Å². The molecule has 0 saturated heterocycles. The summed E-state index contributed by atoms with van der Waals surface area (Å²) in [7, 11) is 0. The van der Waals surface area contributed by atoms with E-state index in [0.29, 0.717) is 6.54 Å². The molecular weight excluding hydrogens is 242 g/mol. The molecule has 0 bridgehead atoms. The molecule has 2 aromatic carbocycles. The molecule has 2 nitrogen and oxygen atoms in total. The molecule has 0 aliphatic rings. The number of hydrogen-bond acceptors (Lipinski definition) is 3. The Morgan fingerprint density at radius 2 is 1.94 bits per heavy atom. The first-order valence-electron chi connectivity index (χ1n) is 6.26. The van der Waals surface area contributed by atoms with E-state index in [2.05, 4.69) is 42.5 Å². The molecule has 0 aliphatic heterocycles. The first kappa shape index (κ1) is 13.4. The van der Waals surface area contributed by atoms with E-state index >= 15 is 0 Å². The van der Waals surface area contributed by atoms with Crippen molar-refractivity contribution in [3.05, 3.63) is 42.5 Å². The van der Waals surface area contributed by atoms with Gasteiger partial charge in [-0.2, -0.15) is 0 Å². The van der Waals surface area contributed by atoms with Crippen LogP contribution in [0.4, 0.5) is 0 Å². The van der Waals surface area contributed by atoms with Gasteiger partial charge >= 0.3 is 0 Å². The Labute approximate surface area is 113 Å². The second-order valence-corrected chi connectivity index (χ2v) is 5.23. The molecule has 96 valence electrons. The van der Waals surface area contributed by atoms with Crippen molar-refractivity contribution in [2.24, 2.45) is 5.73 Å². The van der Waals surface area contributed by atoms with Crippen molar-refractivity contribution in [1.29, 1.82) is 0 Å². The van der Waals surface area contributed by atoms with E-state index in [1.807, 2.05) is 6.92 Å². The number of hydrogen-bond donors (Lipinski definition) is 1. The lowest BCUT2D eigenvalue weighted by molar-refractivity contribution is 0.0858. The molecule has 0 spiro atoms. The van der Waals surface area contributed by atoms with Crippen molar-refractivity contribution in [1.82, 2.24) is 0 Å². The smallest absolute Gasteiger partial charge is 0.0790 e. The summed E-state index contributed by atoms with van der Waals surface area (Å²) in [6, 6.07) is 14.9. The average Bonchev–Trinajstić information content (AvgIpc) is 2.43. The third-order valence-corrected chi connectivity index (χ3v) is 3.95. The van der Waals surface area contributed by atoms with Crippen LogP contribution in [-0.2, 0) is 4.74 Å². The molecule has 0 aliphatic carbocycles. The molecule has 18 heavy (non-hydrogen) atoms. The van der Waals surface area contributed by atoms with Crippen LogP contribution < -0.4 is 5.73 Å². The summed E-state index contributed by atoms with van der Waals surface area (Å²) in [6.07, 6.45) is 0.145. The molecular formula is C15H19NOS. The third kappa shape index (κ3) is 3.48. The first-order chi connectivity index (χ1) is 8.83. The number of rotatable bonds is 6.